The first kappa shape index (κ1) is 13.2. The van der Waals surface area contributed by atoms with E-state index >= 15 is 0 Å². The van der Waals surface area contributed by atoms with Gasteiger partial charge in [-0.25, -0.2) is 4.39 Å². The van der Waals surface area contributed by atoms with Gasteiger partial charge in [0.15, 0.2) is 5.78 Å². The van der Waals surface area contributed by atoms with Gasteiger partial charge >= 0.3 is 0 Å². The lowest BCUT2D eigenvalue weighted by molar-refractivity contribution is -0.125. The molecule has 1 heterocycles. The Hall–Kier alpha value is -1.26. The number of ketones is 1. The molecule has 0 unspecified atom stereocenters. The molecular formula is C14H18FNO2. The van der Waals surface area contributed by atoms with Gasteiger partial charge in [0.1, 0.15) is 12.4 Å². The summed E-state index contributed by atoms with van der Waals surface area (Å²) in [4.78, 5) is 11.7. The zero-order valence-electron chi connectivity index (χ0n) is 10.3. The van der Waals surface area contributed by atoms with Gasteiger partial charge in [-0.3, -0.25) is 4.79 Å². The van der Waals surface area contributed by atoms with Crippen molar-refractivity contribution >= 4 is 5.78 Å². The second kappa shape index (κ2) is 6.61. The van der Waals surface area contributed by atoms with Crippen LogP contribution in [0.3, 0.4) is 0 Å². The number of hydrogen-bond donors (Lipinski definition) is 1. The van der Waals surface area contributed by atoms with E-state index in [1.165, 1.54) is 12.1 Å². The van der Waals surface area contributed by atoms with E-state index in [1.807, 2.05) is 0 Å². The molecule has 1 aliphatic heterocycles. The molecule has 1 fully saturated rings. The van der Waals surface area contributed by atoms with Crippen molar-refractivity contribution in [3.05, 3.63) is 35.6 Å². The van der Waals surface area contributed by atoms with Crippen molar-refractivity contribution in [1.29, 1.82) is 0 Å². The van der Waals surface area contributed by atoms with Crippen LogP contribution in [0, 0.1) is 5.82 Å². The van der Waals surface area contributed by atoms with Gasteiger partial charge in [0.25, 0.3) is 0 Å². The van der Waals surface area contributed by atoms with Gasteiger partial charge in [-0.1, -0.05) is 12.1 Å². The monoisotopic (exact) mass is 251 g/mol. The maximum Gasteiger partial charge on any atom is 0.162 e. The number of carbonyl (C=O) groups excluding carboxylic acids is 1. The Bertz CT molecular complexity index is 403. The lowest BCUT2D eigenvalue weighted by atomic mass is 10.1. The molecule has 2 rings (SSSR count). The standard InChI is InChI=1S/C14H18FNO2/c15-12-3-1-2-11(8-12)9-13(17)10-18-14-4-6-16-7-5-14/h1-3,8,14,16H,4-7,9-10H2. The number of hydrogen-bond acceptors (Lipinski definition) is 3. The van der Waals surface area contributed by atoms with Crippen molar-refractivity contribution in [3.63, 3.8) is 0 Å². The lowest BCUT2D eigenvalue weighted by Gasteiger charge is -2.22. The topological polar surface area (TPSA) is 38.3 Å². The van der Waals surface area contributed by atoms with Crippen LogP contribution >= 0.6 is 0 Å². The van der Waals surface area contributed by atoms with Crippen LogP contribution in [0.25, 0.3) is 0 Å². The molecule has 1 saturated heterocycles. The molecule has 4 heteroatoms. The van der Waals surface area contributed by atoms with Gasteiger partial charge in [-0.15, -0.1) is 0 Å². The fourth-order valence-electron chi connectivity index (χ4n) is 2.10. The highest BCUT2D eigenvalue weighted by Crippen LogP contribution is 2.08. The van der Waals surface area contributed by atoms with Crippen LogP contribution in [0.5, 0.6) is 0 Å². The molecular weight excluding hydrogens is 233 g/mol. The average Bonchev–Trinajstić information content (AvgIpc) is 2.38. The van der Waals surface area contributed by atoms with Gasteiger partial charge in [0.05, 0.1) is 6.10 Å². The largest absolute Gasteiger partial charge is 0.370 e. The summed E-state index contributed by atoms with van der Waals surface area (Å²) < 4.78 is 18.5. The summed E-state index contributed by atoms with van der Waals surface area (Å²) in [5.41, 5.74) is 0.703. The summed E-state index contributed by atoms with van der Waals surface area (Å²) in [6.45, 7) is 2.02. The van der Waals surface area contributed by atoms with Crippen LogP contribution in [0.4, 0.5) is 4.39 Å². The van der Waals surface area contributed by atoms with Crippen LogP contribution < -0.4 is 5.32 Å². The molecule has 0 amide bonds. The molecule has 1 N–H and O–H groups in total. The number of ether oxygens (including phenoxy) is 1. The Morgan fingerprint density at radius 3 is 2.89 bits per heavy atom. The molecule has 0 aliphatic carbocycles. The van der Waals surface area contributed by atoms with Crippen LogP contribution in [0.15, 0.2) is 24.3 Å². The Labute approximate surface area is 106 Å². The maximum absolute atomic E-state index is 12.9. The van der Waals surface area contributed by atoms with Crippen molar-refractivity contribution in [2.45, 2.75) is 25.4 Å². The molecule has 18 heavy (non-hydrogen) atoms. The first-order valence-corrected chi connectivity index (χ1v) is 6.32. The molecule has 1 aliphatic rings. The third-order valence-corrected chi connectivity index (χ3v) is 3.06. The average molecular weight is 251 g/mol. The van der Waals surface area contributed by atoms with E-state index in [1.54, 1.807) is 12.1 Å². The third-order valence-electron chi connectivity index (χ3n) is 3.06. The number of piperidine rings is 1. The van der Waals surface area contributed by atoms with E-state index in [9.17, 15) is 9.18 Å². The zero-order valence-corrected chi connectivity index (χ0v) is 10.3. The first-order valence-electron chi connectivity index (χ1n) is 6.32. The van der Waals surface area contributed by atoms with Crippen molar-refractivity contribution in [1.82, 2.24) is 5.32 Å². The van der Waals surface area contributed by atoms with Crippen molar-refractivity contribution < 1.29 is 13.9 Å². The van der Waals surface area contributed by atoms with Crippen LogP contribution in [0.1, 0.15) is 18.4 Å². The van der Waals surface area contributed by atoms with Gasteiger partial charge in [-0.05, 0) is 43.6 Å². The Morgan fingerprint density at radius 2 is 2.17 bits per heavy atom. The zero-order chi connectivity index (χ0) is 12.8. The fourth-order valence-corrected chi connectivity index (χ4v) is 2.10. The SMILES string of the molecule is O=C(COC1CCNCC1)Cc1cccc(F)c1. The number of rotatable bonds is 5. The van der Waals surface area contributed by atoms with Crippen molar-refractivity contribution in [2.75, 3.05) is 19.7 Å². The number of benzene rings is 1. The number of Topliss-reactive ketones (excluding diaryl/α,β-unsaturated/α-hetero) is 1. The van der Waals surface area contributed by atoms with E-state index in [2.05, 4.69) is 5.32 Å². The minimum atomic E-state index is -0.306. The lowest BCUT2D eigenvalue weighted by Crippen LogP contribution is -2.33. The smallest absolute Gasteiger partial charge is 0.162 e. The second-order valence-corrected chi connectivity index (χ2v) is 4.61. The molecule has 0 bridgehead atoms. The van der Waals surface area contributed by atoms with E-state index in [0.717, 1.165) is 25.9 Å². The summed E-state index contributed by atoms with van der Waals surface area (Å²) in [6.07, 6.45) is 2.33. The molecule has 0 radical (unpaired) electrons. The summed E-state index contributed by atoms with van der Waals surface area (Å²) in [5, 5.41) is 3.24. The molecule has 0 atom stereocenters. The van der Waals surface area contributed by atoms with Gasteiger partial charge < -0.3 is 10.1 Å². The molecule has 1 aromatic rings. The van der Waals surface area contributed by atoms with Crippen LogP contribution in [-0.2, 0) is 16.0 Å². The highest BCUT2D eigenvalue weighted by molar-refractivity contribution is 5.82. The fraction of sp³-hybridized carbons (Fsp3) is 0.500. The molecule has 98 valence electrons. The molecule has 1 aromatic carbocycles. The van der Waals surface area contributed by atoms with E-state index in [0.29, 0.717) is 5.56 Å². The number of carbonyl (C=O) groups is 1. The van der Waals surface area contributed by atoms with Gasteiger partial charge in [-0.2, -0.15) is 0 Å². The molecule has 0 aromatic heterocycles. The third kappa shape index (κ3) is 4.20. The highest BCUT2D eigenvalue weighted by atomic mass is 19.1. The van der Waals surface area contributed by atoms with E-state index in [-0.39, 0.29) is 30.7 Å². The molecule has 0 saturated carbocycles. The maximum atomic E-state index is 12.9. The Morgan fingerprint density at radius 1 is 1.39 bits per heavy atom. The first-order chi connectivity index (χ1) is 8.74. The predicted molar refractivity (Wildman–Crippen MR) is 67.0 cm³/mol. The Kier molecular flexibility index (Phi) is 4.84. The van der Waals surface area contributed by atoms with Crippen molar-refractivity contribution in [3.8, 4) is 0 Å². The normalized spacial score (nSPS) is 16.7. The van der Waals surface area contributed by atoms with Crippen LogP contribution in [0.2, 0.25) is 0 Å². The summed E-state index contributed by atoms with van der Waals surface area (Å²) >= 11 is 0. The van der Waals surface area contributed by atoms with E-state index < -0.39 is 0 Å². The molecule has 3 nitrogen and oxygen atoms in total. The quantitative estimate of drug-likeness (QED) is 0.865. The highest BCUT2D eigenvalue weighted by Gasteiger charge is 2.15. The summed E-state index contributed by atoms with van der Waals surface area (Å²) in [7, 11) is 0. The van der Waals surface area contributed by atoms with E-state index in [4.69, 9.17) is 4.74 Å². The Balaban J connectivity index is 1.74. The second-order valence-electron chi connectivity index (χ2n) is 4.61. The minimum Gasteiger partial charge on any atom is -0.370 e. The minimum absolute atomic E-state index is 0.000803. The number of nitrogens with one attached hydrogen (secondary N) is 1. The summed E-state index contributed by atoms with van der Waals surface area (Å²) in [6, 6.07) is 6.14. The predicted octanol–water partition coefficient (Wildman–Crippen LogP) is 1.71. The number of halogens is 1. The van der Waals surface area contributed by atoms with Gasteiger partial charge in [0.2, 0.25) is 0 Å². The summed E-state index contributed by atoms with van der Waals surface area (Å²) in [5.74, 6) is -0.307. The van der Waals surface area contributed by atoms with Crippen molar-refractivity contribution in [2.24, 2.45) is 0 Å². The molecule has 0 spiro atoms. The van der Waals surface area contributed by atoms with Gasteiger partial charge in [0, 0.05) is 6.42 Å². The van der Waals surface area contributed by atoms with Crippen LogP contribution in [-0.4, -0.2) is 31.6 Å².